The third-order valence-electron chi connectivity index (χ3n) is 5.49. The Morgan fingerprint density at radius 3 is 2.84 bits per heavy atom. The third kappa shape index (κ3) is 4.28. The summed E-state index contributed by atoms with van der Waals surface area (Å²) in [5, 5.41) is 5.63. The normalized spacial score (nSPS) is 17.1. The van der Waals surface area contributed by atoms with Gasteiger partial charge in [0, 0.05) is 36.0 Å². The zero-order chi connectivity index (χ0) is 22.9. The highest BCUT2D eigenvalue weighted by Crippen LogP contribution is 2.38. The maximum absolute atomic E-state index is 13.1. The number of carbonyl (C=O) groups is 2. The Bertz CT molecular complexity index is 1100. The molecule has 168 valence electrons. The minimum Gasteiger partial charge on any atom is -0.493 e. The molecule has 0 fully saturated rings. The first-order valence-electron chi connectivity index (χ1n) is 10.3. The maximum Gasteiger partial charge on any atom is 0.416 e. The molecular weight excluding hydrogens is 423 g/mol. The molecule has 32 heavy (non-hydrogen) atoms. The van der Waals surface area contributed by atoms with Crippen LogP contribution in [0.4, 0.5) is 29.3 Å². The standard InChI is InChI=1S/C23H22F3N3O3/c1-2-29-19-7-3-6-18(17(19)13-27-22(29)31)28-21(30)11-14-5-4-10-32-20-12-15(23(24,25)26)8-9-16(14)20/h3,6-9,11-12H,2,4-5,10,13H2,1H3,(H,27,31)(H,28,30)/b14-11-. The Kier molecular flexibility index (Phi) is 5.82. The van der Waals surface area contributed by atoms with Gasteiger partial charge in [0.1, 0.15) is 5.75 Å². The molecule has 0 atom stereocenters. The minimum atomic E-state index is -4.47. The number of urea groups is 1. The van der Waals surface area contributed by atoms with Gasteiger partial charge >= 0.3 is 12.2 Å². The molecular formula is C23H22F3N3O3. The number of hydrogen-bond acceptors (Lipinski definition) is 3. The Morgan fingerprint density at radius 2 is 2.09 bits per heavy atom. The molecule has 2 aromatic carbocycles. The number of nitrogens with one attached hydrogen (secondary N) is 2. The van der Waals surface area contributed by atoms with Crippen LogP contribution >= 0.6 is 0 Å². The second-order valence-electron chi connectivity index (χ2n) is 7.53. The zero-order valence-electron chi connectivity index (χ0n) is 17.4. The first-order valence-corrected chi connectivity index (χ1v) is 10.3. The monoisotopic (exact) mass is 445 g/mol. The van der Waals surface area contributed by atoms with Crippen LogP contribution in [0.2, 0.25) is 0 Å². The number of halogens is 3. The van der Waals surface area contributed by atoms with Crippen LogP contribution in [0.3, 0.4) is 0 Å². The van der Waals surface area contributed by atoms with Gasteiger partial charge in [0.2, 0.25) is 5.91 Å². The first kappa shape index (κ1) is 21.7. The van der Waals surface area contributed by atoms with Crippen molar-refractivity contribution in [3.05, 3.63) is 59.2 Å². The number of allylic oxidation sites excluding steroid dienone is 1. The van der Waals surface area contributed by atoms with Gasteiger partial charge in [-0.25, -0.2) is 4.79 Å². The topological polar surface area (TPSA) is 70.7 Å². The van der Waals surface area contributed by atoms with Gasteiger partial charge < -0.3 is 15.4 Å². The van der Waals surface area contributed by atoms with Crippen LogP contribution in [0.25, 0.3) is 5.57 Å². The van der Waals surface area contributed by atoms with Gasteiger partial charge in [-0.3, -0.25) is 9.69 Å². The molecule has 3 amide bonds. The fourth-order valence-electron chi connectivity index (χ4n) is 3.95. The number of ether oxygens (including phenoxy) is 1. The van der Waals surface area contributed by atoms with Crippen LogP contribution in [0.1, 0.15) is 36.5 Å². The van der Waals surface area contributed by atoms with E-state index in [1.807, 2.05) is 13.0 Å². The van der Waals surface area contributed by atoms with Crippen LogP contribution < -0.4 is 20.3 Å². The van der Waals surface area contributed by atoms with E-state index in [2.05, 4.69) is 10.6 Å². The van der Waals surface area contributed by atoms with Crippen LogP contribution in [-0.2, 0) is 17.5 Å². The summed E-state index contributed by atoms with van der Waals surface area (Å²) < 4.78 is 44.7. The molecule has 9 heteroatoms. The smallest absolute Gasteiger partial charge is 0.416 e. The number of amides is 3. The highest BCUT2D eigenvalue weighted by Gasteiger charge is 2.32. The van der Waals surface area contributed by atoms with Crippen LogP contribution in [0.5, 0.6) is 5.75 Å². The Hall–Kier alpha value is -3.49. The fraction of sp³-hybridized carbons (Fsp3) is 0.304. The van der Waals surface area contributed by atoms with Crippen molar-refractivity contribution in [2.45, 2.75) is 32.5 Å². The molecule has 2 N–H and O–H groups in total. The summed E-state index contributed by atoms with van der Waals surface area (Å²) >= 11 is 0. The van der Waals surface area contributed by atoms with Crippen LogP contribution in [0.15, 0.2) is 42.5 Å². The molecule has 0 spiro atoms. The van der Waals surface area contributed by atoms with E-state index in [-0.39, 0.29) is 24.9 Å². The SMILES string of the molecule is CCN1C(=O)NCc2c(NC(=O)/C=C3/CCCOc4cc(C(F)(F)F)ccc43)cccc21. The molecule has 6 nitrogen and oxygen atoms in total. The number of anilines is 2. The number of carbonyl (C=O) groups excluding carboxylic acids is 2. The van der Waals surface area contributed by atoms with Gasteiger partial charge in [0.05, 0.1) is 17.9 Å². The molecule has 0 bridgehead atoms. The van der Waals surface area contributed by atoms with Crippen molar-refractivity contribution in [3.8, 4) is 5.75 Å². The number of benzene rings is 2. The molecule has 0 aromatic heterocycles. The average molecular weight is 445 g/mol. The third-order valence-corrected chi connectivity index (χ3v) is 5.49. The quantitative estimate of drug-likeness (QED) is 0.657. The van der Waals surface area contributed by atoms with Crippen molar-refractivity contribution in [3.63, 3.8) is 0 Å². The van der Waals surface area contributed by atoms with Gasteiger partial charge in [-0.1, -0.05) is 12.1 Å². The first-order chi connectivity index (χ1) is 15.3. The van der Waals surface area contributed by atoms with E-state index in [9.17, 15) is 22.8 Å². The highest BCUT2D eigenvalue weighted by atomic mass is 19.4. The molecule has 4 rings (SSSR count). The molecule has 0 saturated carbocycles. The molecule has 2 aliphatic heterocycles. The Balaban J connectivity index is 1.62. The Morgan fingerprint density at radius 1 is 1.28 bits per heavy atom. The molecule has 0 aliphatic carbocycles. The van der Waals surface area contributed by atoms with Gasteiger partial charge in [-0.2, -0.15) is 13.2 Å². The van der Waals surface area contributed by atoms with Crippen LogP contribution in [-0.4, -0.2) is 25.1 Å². The lowest BCUT2D eigenvalue weighted by molar-refractivity contribution is -0.137. The maximum atomic E-state index is 13.1. The summed E-state index contributed by atoms with van der Waals surface area (Å²) in [5.41, 5.74) is 2.39. The van der Waals surface area contributed by atoms with Gasteiger partial charge in [-0.05, 0) is 49.6 Å². The van der Waals surface area contributed by atoms with E-state index in [4.69, 9.17) is 4.74 Å². The lowest BCUT2D eigenvalue weighted by atomic mass is 9.99. The van der Waals surface area contributed by atoms with E-state index in [1.54, 1.807) is 17.0 Å². The molecule has 0 radical (unpaired) electrons. The van der Waals surface area contributed by atoms with Crippen molar-refractivity contribution >= 4 is 28.9 Å². The minimum absolute atomic E-state index is 0.120. The number of hydrogen-bond donors (Lipinski definition) is 2. The largest absolute Gasteiger partial charge is 0.493 e. The number of alkyl halides is 3. The van der Waals surface area contributed by atoms with E-state index in [0.717, 1.165) is 23.4 Å². The second-order valence-corrected chi connectivity index (χ2v) is 7.53. The van der Waals surface area contributed by atoms with E-state index < -0.39 is 17.6 Å². The van der Waals surface area contributed by atoms with Crippen LogP contribution in [0, 0.1) is 0 Å². The molecule has 0 saturated heterocycles. The zero-order valence-corrected chi connectivity index (χ0v) is 17.4. The van der Waals surface area contributed by atoms with E-state index >= 15 is 0 Å². The van der Waals surface area contributed by atoms with E-state index in [0.29, 0.717) is 36.2 Å². The number of fused-ring (bicyclic) bond motifs is 2. The number of nitrogens with zero attached hydrogens (tertiary/aromatic N) is 1. The summed E-state index contributed by atoms with van der Waals surface area (Å²) in [7, 11) is 0. The van der Waals surface area contributed by atoms with Gasteiger partial charge in [0.25, 0.3) is 0 Å². The predicted molar refractivity (Wildman–Crippen MR) is 114 cm³/mol. The summed E-state index contributed by atoms with van der Waals surface area (Å²) in [4.78, 5) is 26.5. The second kappa shape index (κ2) is 8.57. The fourth-order valence-corrected chi connectivity index (χ4v) is 3.95. The molecule has 2 aromatic rings. The Labute approximate surface area is 183 Å². The average Bonchev–Trinajstić information content (AvgIpc) is 2.95. The molecule has 0 unspecified atom stereocenters. The predicted octanol–water partition coefficient (Wildman–Crippen LogP) is 4.95. The van der Waals surface area contributed by atoms with Crippen molar-refractivity contribution < 1.29 is 27.5 Å². The molecule has 2 aliphatic rings. The number of rotatable bonds is 3. The van der Waals surface area contributed by atoms with Crippen molar-refractivity contribution in [1.82, 2.24) is 5.32 Å². The summed E-state index contributed by atoms with van der Waals surface area (Å²) in [6.07, 6.45) is -2.00. The van der Waals surface area contributed by atoms with Crippen molar-refractivity contribution in [2.24, 2.45) is 0 Å². The van der Waals surface area contributed by atoms with E-state index in [1.165, 1.54) is 12.1 Å². The summed E-state index contributed by atoms with van der Waals surface area (Å²) in [6.45, 7) is 2.90. The van der Waals surface area contributed by atoms with Gasteiger partial charge in [0.15, 0.2) is 0 Å². The summed E-state index contributed by atoms with van der Waals surface area (Å²) in [5.74, 6) is -0.282. The van der Waals surface area contributed by atoms with Crippen molar-refractivity contribution in [1.29, 1.82) is 0 Å². The van der Waals surface area contributed by atoms with Gasteiger partial charge in [-0.15, -0.1) is 0 Å². The lowest BCUT2D eigenvalue weighted by Gasteiger charge is -2.30. The summed E-state index contributed by atoms with van der Waals surface area (Å²) in [6, 6.07) is 8.46. The lowest BCUT2D eigenvalue weighted by Crippen LogP contribution is -2.44. The highest BCUT2D eigenvalue weighted by molar-refractivity contribution is 6.06. The molecule has 2 heterocycles. The van der Waals surface area contributed by atoms with Crippen molar-refractivity contribution in [2.75, 3.05) is 23.4 Å².